The summed E-state index contributed by atoms with van der Waals surface area (Å²) in [4.78, 5) is 0.244. The first-order valence-corrected chi connectivity index (χ1v) is 7.95. The molecule has 0 radical (unpaired) electrons. The molecule has 1 atom stereocenters. The predicted molar refractivity (Wildman–Crippen MR) is 76.7 cm³/mol. The van der Waals surface area contributed by atoms with E-state index in [1.165, 1.54) is 0 Å². The van der Waals surface area contributed by atoms with Crippen molar-refractivity contribution in [3.8, 4) is 0 Å². The number of aliphatic hydroxyl groups excluding tert-OH is 1. The largest absolute Gasteiger partial charge is 0.396 e. The SMILES string of the molecule is CCCNS(=O)(=O)c1ccccc1NC(C)CCO. The highest BCUT2D eigenvalue weighted by Crippen LogP contribution is 2.21. The van der Waals surface area contributed by atoms with Crippen LogP contribution in [0.15, 0.2) is 29.2 Å². The summed E-state index contributed by atoms with van der Waals surface area (Å²) in [5.41, 5.74) is 0.562. The van der Waals surface area contributed by atoms with E-state index in [0.717, 1.165) is 6.42 Å². The van der Waals surface area contributed by atoms with Gasteiger partial charge in [0, 0.05) is 19.2 Å². The number of benzene rings is 1. The van der Waals surface area contributed by atoms with Gasteiger partial charge in [-0.05, 0) is 31.9 Å². The van der Waals surface area contributed by atoms with Crippen LogP contribution in [0.5, 0.6) is 0 Å². The van der Waals surface area contributed by atoms with E-state index in [0.29, 0.717) is 18.7 Å². The standard InChI is InChI=1S/C13H22N2O3S/c1-3-9-14-19(17,18)13-7-5-4-6-12(13)15-11(2)8-10-16/h4-7,11,14-16H,3,8-10H2,1-2H3. The third-order valence-corrected chi connectivity index (χ3v) is 4.20. The molecule has 6 heteroatoms. The summed E-state index contributed by atoms with van der Waals surface area (Å²) in [6.07, 6.45) is 1.31. The molecule has 0 spiro atoms. The minimum atomic E-state index is -3.49. The zero-order valence-electron chi connectivity index (χ0n) is 11.4. The second-order valence-corrected chi connectivity index (χ2v) is 6.19. The summed E-state index contributed by atoms with van der Waals surface area (Å²) in [5.74, 6) is 0. The fraction of sp³-hybridized carbons (Fsp3) is 0.538. The maximum absolute atomic E-state index is 12.2. The van der Waals surface area contributed by atoms with Crippen LogP contribution in [0.1, 0.15) is 26.7 Å². The lowest BCUT2D eigenvalue weighted by Gasteiger charge is -2.17. The van der Waals surface area contributed by atoms with E-state index in [1.807, 2.05) is 13.8 Å². The van der Waals surface area contributed by atoms with Crippen LogP contribution >= 0.6 is 0 Å². The minimum Gasteiger partial charge on any atom is -0.396 e. The molecule has 0 aromatic heterocycles. The Kier molecular flexibility index (Phi) is 6.27. The van der Waals surface area contributed by atoms with E-state index < -0.39 is 10.0 Å². The molecule has 108 valence electrons. The molecule has 0 heterocycles. The van der Waals surface area contributed by atoms with Crippen molar-refractivity contribution in [1.82, 2.24) is 4.72 Å². The fourth-order valence-electron chi connectivity index (χ4n) is 1.67. The first kappa shape index (κ1) is 15.9. The van der Waals surface area contributed by atoms with Gasteiger partial charge < -0.3 is 10.4 Å². The molecule has 0 amide bonds. The molecule has 19 heavy (non-hydrogen) atoms. The van der Waals surface area contributed by atoms with Crippen molar-refractivity contribution in [2.45, 2.75) is 37.6 Å². The van der Waals surface area contributed by atoms with Gasteiger partial charge in [0.05, 0.1) is 5.69 Å². The number of anilines is 1. The highest BCUT2D eigenvalue weighted by atomic mass is 32.2. The van der Waals surface area contributed by atoms with Gasteiger partial charge in [0.25, 0.3) is 0 Å². The van der Waals surface area contributed by atoms with Crippen LogP contribution in [-0.2, 0) is 10.0 Å². The number of para-hydroxylation sites is 1. The van der Waals surface area contributed by atoms with E-state index in [9.17, 15) is 8.42 Å². The second-order valence-electron chi connectivity index (χ2n) is 4.45. The van der Waals surface area contributed by atoms with Gasteiger partial charge in [-0.15, -0.1) is 0 Å². The third-order valence-electron chi connectivity index (χ3n) is 2.68. The molecular weight excluding hydrogens is 264 g/mol. The molecule has 0 fully saturated rings. The summed E-state index contributed by atoms with van der Waals surface area (Å²) < 4.78 is 26.9. The molecule has 0 aliphatic heterocycles. The maximum atomic E-state index is 12.2. The molecular formula is C13H22N2O3S. The first-order valence-electron chi connectivity index (χ1n) is 6.47. The van der Waals surface area contributed by atoms with Crippen molar-refractivity contribution in [2.75, 3.05) is 18.5 Å². The highest BCUT2D eigenvalue weighted by molar-refractivity contribution is 7.89. The number of nitrogens with one attached hydrogen (secondary N) is 2. The van der Waals surface area contributed by atoms with Gasteiger partial charge >= 0.3 is 0 Å². The smallest absolute Gasteiger partial charge is 0.242 e. The van der Waals surface area contributed by atoms with Crippen LogP contribution < -0.4 is 10.0 Å². The van der Waals surface area contributed by atoms with Crippen molar-refractivity contribution < 1.29 is 13.5 Å². The van der Waals surface area contributed by atoms with Crippen molar-refractivity contribution in [2.24, 2.45) is 0 Å². The lowest BCUT2D eigenvalue weighted by atomic mass is 10.2. The van der Waals surface area contributed by atoms with E-state index in [-0.39, 0.29) is 17.5 Å². The molecule has 0 saturated heterocycles. The Morgan fingerprint density at radius 1 is 1.32 bits per heavy atom. The molecule has 3 N–H and O–H groups in total. The Morgan fingerprint density at radius 2 is 2.00 bits per heavy atom. The summed E-state index contributed by atoms with van der Waals surface area (Å²) in [7, 11) is -3.49. The predicted octanol–water partition coefficient (Wildman–Crippen LogP) is 1.56. The van der Waals surface area contributed by atoms with Crippen LogP contribution in [0.3, 0.4) is 0 Å². The Hall–Kier alpha value is -1.11. The molecule has 0 aliphatic carbocycles. The third kappa shape index (κ3) is 4.81. The minimum absolute atomic E-state index is 0.00697. The van der Waals surface area contributed by atoms with E-state index in [2.05, 4.69) is 10.0 Å². The molecule has 1 aromatic rings. The van der Waals surface area contributed by atoms with Crippen molar-refractivity contribution in [3.05, 3.63) is 24.3 Å². The van der Waals surface area contributed by atoms with Crippen LogP contribution in [0, 0.1) is 0 Å². The average Bonchev–Trinajstić information content (AvgIpc) is 2.37. The van der Waals surface area contributed by atoms with Crippen molar-refractivity contribution in [3.63, 3.8) is 0 Å². The zero-order chi connectivity index (χ0) is 14.3. The van der Waals surface area contributed by atoms with Gasteiger partial charge in [0.2, 0.25) is 10.0 Å². The Bertz CT molecular complexity index is 488. The quantitative estimate of drug-likeness (QED) is 0.677. The number of hydrogen-bond acceptors (Lipinski definition) is 4. The summed E-state index contributed by atoms with van der Waals surface area (Å²) in [5, 5.41) is 12.0. The van der Waals surface area contributed by atoms with Crippen molar-refractivity contribution in [1.29, 1.82) is 0 Å². The average molecular weight is 286 g/mol. The van der Waals surface area contributed by atoms with Crippen LogP contribution in [0.4, 0.5) is 5.69 Å². The zero-order valence-corrected chi connectivity index (χ0v) is 12.2. The Balaban J connectivity index is 2.95. The van der Waals surface area contributed by atoms with Gasteiger partial charge in [0.1, 0.15) is 4.90 Å². The summed E-state index contributed by atoms with van der Waals surface area (Å²) in [6, 6.07) is 6.79. The first-order chi connectivity index (χ1) is 9.01. The van der Waals surface area contributed by atoms with Gasteiger partial charge in [-0.3, -0.25) is 0 Å². The molecule has 0 aliphatic rings. The van der Waals surface area contributed by atoms with Crippen LogP contribution in [0.2, 0.25) is 0 Å². The Morgan fingerprint density at radius 3 is 2.63 bits per heavy atom. The van der Waals surface area contributed by atoms with Gasteiger partial charge in [0.15, 0.2) is 0 Å². The molecule has 5 nitrogen and oxygen atoms in total. The summed E-state index contributed by atoms with van der Waals surface area (Å²) >= 11 is 0. The molecule has 1 unspecified atom stereocenters. The fourth-order valence-corrected chi connectivity index (χ4v) is 2.97. The molecule has 1 aromatic carbocycles. The monoisotopic (exact) mass is 286 g/mol. The molecule has 0 saturated carbocycles. The number of aliphatic hydroxyl groups is 1. The topological polar surface area (TPSA) is 78.4 Å². The summed E-state index contributed by atoms with van der Waals surface area (Å²) in [6.45, 7) is 4.30. The number of hydrogen-bond donors (Lipinski definition) is 3. The van der Waals surface area contributed by atoms with Gasteiger partial charge in [-0.25, -0.2) is 13.1 Å². The maximum Gasteiger partial charge on any atom is 0.242 e. The van der Waals surface area contributed by atoms with E-state index >= 15 is 0 Å². The Labute approximate surface area is 115 Å². The molecule has 0 bridgehead atoms. The van der Waals surface area contributed by atoms with Gasteiger partial charge in [-0.2, -0.15) is 0 Å². The lowest BCUT2D eigenvalue weighted by Crippen LogP contribution is -2.26. The van der Waals surface area contributed by atoms with E-state index in [1.54, 1.807) is 24.3 Å². The van der Waals surface area contributed by atoms with Crippen LogP contribution in [0.25, 0.3) is 0 Å². The second kappa shape index (κ2) is 7.47. The number of rotatable bonds is 8. The van der Waals surface area contributed by atoms with Crippen molar-refractivity contribution >= 4 is 15.7 Å². The highest BCUT2D eigenvalue weighted by Gasteiger charge is 2.18. The van der Waals surface area contributed by atoms with Gasteiger partial charge in [-0.1, -0.05) is 19.1 Å². The van der Waals surface area contributed by atoms with E-state index in [4.69, 9.17) is 5.11 Å². The normalized spacial score (nSPS) is 13.2. The van der Waals surface area contributed by atoms with Crippen LogP contribution in [-0.4, -0.2) is 32.7 Å². The molecule has 1 rings (SSSR count). The lowest BCUT2D eigenvalue weighted by molar-refractivity contribution is 0.282. The number of sulfonamides is 1.